The van der Waals surface area contributed by atoms with Crippen LogP contribution in [0.5, 0.6) is 0 Å². The van der Waals surface area contributed by atoms with E-state index in [0.29, 0.717) is 0 Å². The molecule has 0 atom stereocenters. The molecule has 10 aromatic rings. The van der Waals surface area contributed by atoms with Gasteiger partial charge in [0, 0.05) is 53.3 Å². The average molecular weight is 644 g/mol. The molecule has 0 spiro atoms. The predicted octanol–water partition coefficient (Wildman–Crippen LogP) is 13.9. The van der Waals surface area contributed by atoms with Crippen molar-refractivity contribution in [3.05, 3.63) is 176 Å². The molecule has 0 bridgehead atoms. The number of rotatable bonds is 5. The summed E-state index contributed by atoms with van der Waals surface area (Å²) < 4.78 is 9.10. The van der Waals surface area contributed by atoms with E-state index < -0.39 is 0 Å². The van der Waals surface area contributed by atoms with Gasteiger partial charge in [0.1, 0.15) is 11.2 Å². The number of hydrogen-bond donors (Lipinski definition) is 0. The normalized spacial score (nSPS) is 11.7. The number of thiophene rings is 1. The van der Waals surface area contributed by atoms with Crippen molar-refractivity contribution >= 4 is 81.3 Å². The van der Waals surface area contributed by atoms with Crippen LogP contribution in [0.4, 0.5) is 17.1 Å². The lowest BCUT2D eigenvalue weighted by Crippen LogP contribution is -2.10. The molecular weight excluding hydrogens is 615 g/mol. The summed E-state index contributed by atoms with van der Waals surface area (Å²) in [6.07, 6.45) is 0. The Labute approximate surface area is 287 Å². The van der Waals surface area contributed by atoms with E-state index in [1.165, 1.54) is 42.1 Å². The van der Waals surface area contributed by atoms with Crippen molar-refractivity contribution < 1.29 is 4.42 Å². The highest BCUT2D eigenvalue weighted by atomic mass is 32.1. The Morgan fingerprint density at radius 3 is 2.06 bits per heavy atom. The molecule has 2 heterocycles. The monoisotopic (exact) mass is 643 g/mol. The van der Waals surface area contributed by atoms with Gasteiger partial charge < -0.3 is 9.32 Å². The summed E-state index contributed by atoms with van der Waals surface area (Å²) in [4.78, 5) is 2.42. The summed E-state index contributed by atoms with van der Waals surface area (Å²) in [7, 11) is 0. The van der Waals surface area contributed by atoms with Crippen LogP contribution in [-0.2, 0) is 0 Å². The van der Waals surface area contributed by atoms with E-state index in [4.69, 9.17) is 4.42 Å². The second-order valence-corrected chi connectivity index (χ2v) is 13.5. The van der Waals surface area contributed by atoms with Gasteiger partial charge in [-0.05, 0) is 64.5 Å². The van der Waals surface area contributed by atoms with Gasteiger partial charge in [0.2, 0.25) is 0 Å². The number of benzene rings is 8. The molecule has 8 aromatic carbocycles. The smallest absolute Gasteiger partial charge is 0.143 e. The van der Waals surface area contributed by atoms with Crippen molar-refractivity contribution in [2.24, 2.45) is 0 Å². The maximum Gasteiger partial charge on any atom is 0.143 e. The highest BCUT2D eigenvalue weighted by Crippen LogP contribution is 2.47. The molecule has 0 N–H and O–H groups in total. The minimum atomic E-state index is 0.907. The Hall–Kier alpha value is -6.16. The Bertz CT molecular complexity index is 2830. The van der Waals surface area contributed by atoms with Gasteiger partial charge >= 0.3 is 0 Å². The van der Waals surface area contributed by atoms with E-state index >= 15 is 0 Å². The van der Waals surface area contributed by atoms with Crippen molar-refractivity contribution in [3.8, 4) is 22.3 Å². The van der Waals surface area contributed by atoms with Crippen LogP contribution in [0.25, 0.3) is 75.1 Å². The number of para-hydroxylation sites is 2. The van der Waals surface area contributed by atoms with Gasteiger partial charge in [-0.25, -0.2) is 0 Å². The van der Waals surface area contributed by atoms with Crippen molar-refractivity contribution in [1.29, 1.82) is 0 Å². The zero-order chi connectivity index (χ0) is 32.3. The molecule has 0 aliphatic carbocycles. The first-order chi connectivity index (χ1) is 24.3. The summed E-state index contributed by atoms with van der Waals surface area (Å²) in [5.41, 5.74) is 9.76. The fourth-order valence-corrected chi connectivity index (χ4v) is 8.63. The first-order valence-electron chi connectivity index (χ1n) is 16.6. The summed E-state index contributed by atoms with van der Waals surface area (Å²) in [5.74, 6) is 0. The molecule has 10 rings (SSSR count). The number of nitrogens with zero attached hydrogens (tertiary/aromatic N) is 1. The quantitative estimate of drug-likeness (QED) is 0.186. The highest BCUT2D eigenvalue weighted by Gasteiger charge is 2.20. The Morgan fingerprint density at radius 1 is 0.449 bits per heavy atom. The molecule has 0 aliphatic rings. The molecule has 0 radical (unpaired) electrons. The van der Waals surface area contributed by atoms with Gasteiger partial charge in [-0.3, -0.25) is 0 Å². The first kappa shape index (κ1) is 27.9. The van der Waals surface area contributed by atoms with Crippen molar-refractivity contribution in [3.63, 3.8) is 0 Å². The first-order valence-corrected chi connectivity index (χ1v) is 17.4. The van der Waals surface area contributed by atoms with E-state index in [-0.39, 0.29) is 0 Å². The zero-order valence-corrected chi connectivity index (χ0v) is 27.3. The summed E-state index contributed by atoms with van der Waals surface area (Å²) >= 11 is 1.88. The minimum Gasteiger partial charge on any atom is -0.455 e. The summed E-state index contributed by atoms with van der Waals surface area (Å²) in [5, 5.41) is 7.36. The number of fused-ring (bicyclic) bond motifs is 8. The molecule has 230 valence electrons. The third-order valence-corrected chi connectivity index (χ3v) is 10.9. The van der Waals surface area contributed by atoms with Crippen LogP contribution in [0.15, 0.2) is 180 Å². The molecule has 0 fully saturated rings. The summed E-state index contributed by atoms with van der Waals surface area (Å²) in [6.45, 7) is 0. The predicted molar refractivity (Wildman–Crippen MR) is 210 cm³/mol. The molecular formula is C46H29NOS. The van der Waals surface area contributed by atoms with Crippen LogP contribution < -0.4 is 4.90 Å². The molecule has 49 heavy (non-hydrogen) atoms. The standard InChI is InChI=1S/C46H29NOS/c1-2-11-30(12-3-1)31-23-26-34(27-24-31)47(41-20-9-13-32-25-28-40-38-17-5-7-22-43(38)49-46(40)44(32)41)35-15-8-14-33(29-35)36-18-10-19-39-37-16-4-6-21-42(37)48-45(36)39/h1-29H. The molecule has 0 saturated heterocycles. The topological polar surface area (TPSA) is 16.4 Å². The van der Waals surface area contributed by atoms with Gasteiger partial charge in [0.15, 0.2) is 0 Å². The van der Waals surface area contributed by atoms with E-state index in [1.807, 2.05) is 23.5 Å². The third kappa shape index (κ3) is 4.55. The fraction of sp³-hybridized carbons (Fsp3) is 0. The Morgan fingerprint density at radius 2 is 1.16 bits per heavy atom. The highest BCUT2D eigenvalue weighted by molar-refractivity contribution is 7.26. The maximum atomic E-state index is 6.49. The van der Waals surface area contributed by atoms with E-state index in [0.717, 1.165) is 50.1 Å². The van der Waals surface area contributed by atoms with Crippen molar-refractivity contribution in [1.82, 2.24) is 0 Å². The number of hydrogen-bond acceptors (Lipinski definition) is 3. The third-order valence-electron chi connectivity index (χ3n) is 9.66. The van der Waals surface area contributed by atoms with Crippen LogP contribution >= 0.6 is 11.3 Å². The van der Waals surface area contributed by atoms with Crippen LogP contribution in [0, 0.1) is 0 Å². The maximum absolute atomic E-state index is 6.49. The van der Waals surface area contributed by atoms with Gasteiger partial charge in [-0.2, -0.15) is 0 Å². The van der Waals surface area contributed by atoms with Gasteiger partial charge in [0.25, 0.3) is 0 Å². The SMILES string of the molecule is c1ccc(-c2ccc(N(c3cccc(-c4cccc5c4oc4ccccc45)c3)c3cccc4ccc5c6ccccc6sc5c34)cc2)cc1. The molecule has 3 heteroatoms. The van der Waals surface area contributed by atoms with Gasteiger partial charge in [0.05, 0.1) is 5.69 Å². The lowest BCUT2D eigenvalue weighted by Gasteiger charge is -2.28. The second kappa shape index (κ2) is 11.2. The van der Waals surface area contributed by atoms with E-state index in [9.17, 15) is 0 Å². The number of anilines is 3. The largest absolute Gasteiger partial charge is 0.455 e. The molecule has 2 nitrogen and oxygen atoms in total. The zero-order valence-electron chi connectivity index (χ0n) is 26.5. The lowest BCUT2D eigenvalue weighted by molar-refractivity contribution is 0.670. The fourth-order valence-electron chi connectivity index (χ4n) is 7.37. The Kier molecular flexibility index (Phi) is 6.39. The van der Waals surface area contributed by atoms with Gasteiger partial charge in [-0.15, -0.1) is 11.3 Å². The van der Waals surface area contributed by atoms with Crippen LogP contribution in [0.3, 0.4) is 0 Å². The second-order valence-electron chi connectivity index (χ2n) is 12.5. The van der Waals surface area contributed by atoms with Crippen molar-refractivity contribution in [2.45, 2.75) is 0 Å². The van der Waals surface area contributed by atoms with Crippen molar-refractivity contribution in [2.75, 3.05) is 4.90 Å². The van der Waals surface area contributed by atoms with Crippen LogP contribution in [-0.4, -0.2) is 0 Å². The minimum absolute atomic E-state index is 0.907. The lowest BCUT2D eigenvalue weighted by atomic mass is 10.00. The summed E-state index contributed by atoms with van der Waals surface area (Å²) in [6, 6.07) is 63.2. The molecule has 0 aliphatic heterocycles. The average Bonchev–Trinajstić information content (AvgIpc) is 3.75. The van der Waals surface area contributed by atoms with E-state index in [1.54, 1.807) is 0 Å². The van der Waals surface area contributed by atoms with E-state index in [2.05, 4.69) is 169 Å². The number of furan rings is 1. The Balaban J connectivity index is 1.21. The molecule has 0 saturated carbocycles. The van der Waals surface area contributed by atoms with Crippen LogP contribution in [0.2, 0.25) is 0 Å². The molecule has 0 unspecified atom stereocenters. The molecule has 2 aromatic heterocycles. The van der Waals surface area contributed by atoms with Gasteiger partial charge in [-0.1, -0.05) is 133 Å². The van der Waals surface area contributed by atoms with Crippen LogP contribution in [0.1, 0.15) is 0 Å². The molecule has 0 amide bonds.